The van der Waals surface area contributed by atoms with Crippen LogP contribution in [0.5, 0.6) is 0 Å². The average Bonchev–Trinajstić information content (AvgIpc) is 2.69. The summed E-state index contributed by atoms with van der Waals surface area (Å²) in [7, 11) is 0. The molecule has 0 bridgehead atoms. The van der Waals surface area contributed by atoms with E-state index in [2.05, 4.69) is 18.5 Å². The van der Waals surface area contributed by atoms with Gasteiger partial charge in [-0.25, -0.2) is 4.79 Å². The summed E-state index contributed by atoms with van der Waals surface area (Å²) in [4.78, 5) is 24.9. The quantitative estimate of drug-likeness (QED) is 0.375. The third-order valence-corrected chi connectivity index (χ3v) is 4.49. The molecule has 1 aromatic carbocycles. The number of hydrogen-bond donors (Lipinski definition) is 1. The van der Waals surface area contributed by atoms with E-state index >= 15 is 0 Å². The Hall–Kier alpha value is -2.60. The predicted octanol–water partition coefficient (Wildman–Crippen LogP) is 4.93. The molecule has 6 heteroatoms. The highest BCUT2D eigenvalue weighted by molar-refractivity contribution is 5.73. The first kappa shape index (κ1) is 26.4. The highest BCUT2D eigenvalue weighted by Gasteiger charge is 2.27. The second-order valence-corrected chi connectivity index (χ2v) is 8.32. The summed E-state index contributed by atoms with van der Waals surface area (Å²) in [5.74, 6) is -0.816. The molecule has 1 N–H and O–H groups in total. The zero-order valence-electron chi connectivity index (χ0n) is 19.5. The van der Waals surface area contributed by atoms with Gasteiger partial charge in [0.15, 0.2) is 0 Å². The summed E-state index contributed by atoms with van der Waals surface area (Å²) < 4.78 is 16.1. The molecule has 1 amide bonds. The van der Waals surface area contributed by atoms with Crippen LogP contribution in [-0.4, -0.2) is 43.5 Å². The van der Waals surface area contributed by atoms with E-state index in [0.717, 1.165) is 16.7 Å². The van der Waals surface area contributed by atoms with Crippen molar-refractivity contribution in [2.75, 3.05) is 19.8 Å². The number of alkyl carbamates (subject to hydrolysis) is 1. The topological polar surface area (TPSA) is 73.9 Å². The van der Waals surface area contributed by atoms with Gasteiger partial charge >= 0.3 is 12.1 Å². The molecule has 0 fully saturated rings. The predicted molar refractivity (Wildman–Crippen MR) is 124 cm³/mol. The Morgan fingerprint density at radius 3 is 2.29 bits per heavy atom. The molecule has 172 valence electrons. The second-order valence-electron chi connectivity index (χ2n) is 8.32. The maximum absolute atomic E-state index is 12.4. The zero-order valence-corrected chi connectivity index (χ0v) is 19.5. The molecule has 6 nitrogen and oxygen atoms in total. The van der Waals surface area contributed by atoms with Crippen molar-refractivity contribution >= 4 is 17.6 Å². The van der Waals surface area contributed by atoms with E-state index in [1.165, 1.54) is 0 Å². The molecule has 0 heterocycles. The van der Waals surface area contributed by atoms with Crippen molar-refractivity contribution in [1.82, 2.24) is 5.32 Å². The van der Waals surface area contributed by atoms with E-state index < -0.39 is 17.6 Å². The van der Waals surface area contributed by atoms with Gasteiger partial charge in [-0.3, -0.25) is 4.79 Å². The zero-order chi connectivity index (χ0) is 23.4. The van der Waals surface area contributed by atoms with E-state index in [9.17, 15) is 9.59 Å². The van der Waals surface area contributed by atoms with Crippen LogP contribution in [0.4, 0.5) is 4.79 Å². The fourth-order valence-electron chi connectivity index (χ4n) is 3.02. The van der Waals surface area contributed by atoms with E-state index in [-0.39, 0.29) is 18.6 Å². The average molecular weight is 432 g/mol. The van der Waals surface area contributed by atoms with Crippen LogP contribution < -0.4 is 5.32 Å². The summed E-state index contributed by atoms with van der Waals surface area (Å²) in [5, 5.41) is 2.92. The number of nitrogens with one attached hydrogen (secondary N) is 1. The lowest BCUT2D eigenvalue weighted by molar-refractivity contribution is -0.150. The van der Waals surface area contributed by atoms with Gasteiger partial charge in [0.2, 0.25) is 0 Å². The number of carbonyl (C=O) groups excluding carboxylic acids is 2. The van der Waals surface area contributed by atoms with Crippen LogP contribution in [0, 0.1) is 5.92 Å². The van der Waals surface area contributed by atoms with Crippen LogP contribution in [-0.2, 0) is 25.4 Å². The van der Waals surface area contributed by atoms with Crippen LogP contribution in [0.3, 0.4) is 0 Å². The minimum Gasteiger partial charge on any atom is -0.466 e. The summed E-state index contributed by atoms with van der Waals surface area (Å²) in [5.41, 5.74) is 2.22. The molecule has 0 radical (unpaired) electrons. The standard InChI is InChI=1S/C25H37NO5/c1-8-18(4)20-13-11-19(12-14-20)15-22(26-24(28)31-25(5,6)7)16-21(17-29-9-2)23(27)30-10-3/h8,11-14,21-22H,1,4,9-10,15-17H2,2-3,5-7H3,(H,26,28)/t21-,22+/m0/s1. The molecule has 0 aromatic heterocycles. The lowest BCUT2D eigenvalue weighted by Crippen LogP contribution is -2.42. The fraction of sp³-hybridized carbons (Fsp3) is 0.520. The Morgan fingerprint density at radius 1 is 1.13 bits per heavy atom. The number of benzene rings is 1. The highest BCUT2D eigenvalue weighted by Crippen LogP contribution is 2.19. The van der Waals surface area contributed by atoms with E-state index in [4.69, 9.17) is 14.2 Å². The number of ether oxygens (including phenoxy) is 3. The van der Waals surface area contributed by atoms with Gasteiger partial charge in [0.25, 0.3) is 0 Å². The lowest BCUT2D eigenvalue weighted by atomic mass is 9.94. The third kappa shape index (κ3) is 10.3. The Balaban J connectivity index is 3.02. The minimum atomic E-state index is -0.618. The van der Waals surface area contributed by atoms with E-state index in [0.29, 0.717) is 26.1 Å². The number of amides is 1. The molecular weight excluding hydrogens is 394 g/mol. The Kier molecular flexibility index (Phi) is 11.0. The maximum Gasteiger partial charge on any atom is 0.407 e. The summed E-state index contributed by atoms with van der Waals surface area (Å²) in [6, 6.07) is 7.56. The van der Waals surface area contributed by atoms with Crippen LogP contribution in [0.2, 0.25) is 0 Å². The molecule has 0 spiro atoms. The third-order valence-electron chi connectivity index (χ3n) is 4.49. The van der Waals surface area contributed by atoms with Crippen LogP contribution in [0.1, 0.15) is 52.2 Å². The molecule has 0 saturated heterocycles. The van der Waals surface area contributed by atoms with Crippen molar-refractivity contribution in [2.24, 2.45) is 5.92 Å². The van der Waals surface area contributed by atoms with Gasteiger partial charge in [-0.05, 0) is 64.2 Å². The lowest BCUT2D eigenvalue weighted by Gasteiger charge is -2.26. The summed E-state index contributed by atoms with van der Waals surface area (Å²) in [6.07, 6.45) is 2.09. The molecule has 31 heavy (non-hydrogen) atoms. The van der Waals surface area contributed by atoms with E-state index in [1.54, 1.807) is 13.0 Å². The fourth-order valence-corrected chi connectivity index (χ4v) is 3.02. The number of hydrogen-bond acceptors (Lipinski definition) is 5. The maximum atomic E-state index is 12.4. The highest BCUT2D eigenvalue weighted by atomic mass is 16.6. The second kappa shape index (κ2) is 13.0. The number of rotatable bonds is 12. The number of allylic oxidation sites excluding steroid dienone is 2. The molecule has 1 aromatic rings. The molecule has 0 aliphatic heterocycles. The van der Waals surface area contributed by atoms with Crippen molar-refractivity contribution in [3.8, 4) is 0 Å². The van der Waals surface area contributed by atoms with Crippen LogP contribution in [0.25, 0.3) is 5.57 Å². The van der Waals surface area contributed by atoms with Crippen molar-refractivity contribution in [3.63, 3.8) is 0 Å². The summed E-state index contributed by atoms with van der Waals surface area (Å²) in [6.45, 7) is 17.8. The molecule has 0 aliphatic carbocycles. The molecule has 0 unspecified atom stereocenters. The molecule has 2 atom stereocenters. The number of esters is 1. The Bertz CT molecular complexity index is 733. The van der Waals surface area contributed by atoms with Gasteiger partial charge in [-0.1, -0.05) is 43.5 Å². The SMILES string of the molecule is C=CC(=C)c1ccc(C[C@H](C[C@@H](COCC)C(=O)OCC)NC(=O)OC(C)(C)C)cc1. The van der Waals surface area contributed by atoms with Crippen molar-refractivity contribution in [3.05, 3.63) is 54.6 Å². The molecule has 1 rings (SSSR count). The largest absolute Gasteiger partial charge is 0.466 e. The van der Waals surface area contributed by atoms with Crippen molar-refractivity contribution in [2.45, 2.75) is 59.1 Å². The minimum absolute atomic E-state index is 0.236. The first-order valence-electron chi connectivity index (χ1n) is 10.7. The Morgan fingerprint density at radius 2 is 1.77 bits per heavy atom. The van der Waals surface area contributed by atoms with Crippen molar-refractivity contribution < 1.29 is 23.8 Å². The van der Waals surface area contributed by atoms with Gasteiger partial charge in [0.1, 0.15) is 5.60 Å². The monoisotopic (exact) mass is 431 g/mol. The van der Waals surface area contributed by atoms with Gasteiger partial charge in [0.05, 0.1) is 19.1 Å². The van der Waals surface area contributed by atoms with E-state index in [1.807, 2.05) is 52.0 Å². The smallest absolute Gasteiger partial charge is 0.407 e. The van der Waals surface area contributed by atoms with Gasteiger partial charge in [-0.2, -0.15) is 0 Å². The first-order valence-corrected chi connectivity index (χ1v) is 10.7. The van der Waals surface area contributed by atoms with Crippen LogP contribution in [0.15, 0.2) is 43.5 Å². The van der Waals surface area contributed by atoms with Gasteiger partial charge < -0.3 is 19.5 Å². The Labute approximate surface area is 186 Å². The molecular formula is C25H37NO5. The molecule has 0 saturated carbocycles. The molecule has 0 aliphatic rings. The number of carbonyl (C=O) groups is 2. The summed E-state index contributed by atoms with van der Waals surface area (Å²) >= 11 is 0. The normalized spacial score (nSPS) is 13.1. The van der Waals surface area contributed by atoms with Gasteiger partial charge in [-0.15, -0.1) is 0 Å². The van der Waals surface area contributed by atoms with Crippen LogP contribution >= 0.6 is 0 Å². The van der Waals surface area contributed by atoms with Crippen molar-refractivity contribution in [1.29, 1.82) is 0 Å². The first-order chi connectivity index (χ1) is 14.6. The van der Waals surface area contributed by atoms with Gasteiger partial charge in [0, 0.05) is 12.6 Å².